The quantitative estimate of drug-likeness (QED) is 0.363. The molecular weight excluding hydrogens is 386 g/mol. The monoisotopic (exact) mass is 397 g/mol. The van der Waals surface area contributed by atoms with Gasteiger partial charge in [0.2, 0.25) is 0 Å². The van der Waals surface area contributed by atoms with Crippen LogP contribution in [-0.4, -0.2) is 4.98 Å². The first-order valence-electron chi connectivity index (χ1n) is 7.15. The van der Waals surface area contributed by atoms with E-state index in [-0.39, 0.29) is 0 Å². The Bertz CT molecular complexity index is 875. The number of hydrogen-bond donors (Lipinski definition) is 0. The molecule has 0 bridgehead atoms. The number of halogens is 1. The molecule has 1 aromatic carbocycles. The summed E-state index contributed by atoms with van der Waals surface area (Å²) >= 11 is 7.00. The van der Waals surface area contributed by atoms with Crippen LogP contribution in [0.1, 0.15) is 0 Å². The Kier molecular flexibility index (Phi) is 4.12. The van der Waals surface area contributed by atoms with Gasteiger partial charge in [0.05, 0.1) is 21.1 Å². The topological polar surface area (TPSA) is 12.9 Å². The maximum atomic E-state index is 4.88. The highest BCUT2D eigenvalue weighted by atomic mass is 79.9. The van der Waals surface area contributed by atoms with E-state index in [1.807, 2.05) is 6.07 Å². The van der Waals surface area contributed by atoms with Gasteiger partial charge in [0.25, 0.3) is 0 Å². The van der Waals surface area contributed by atoms with Crippen molar-refractivity contribution in [2.75, 3.05) is 0 Å². The van der Waals surface area contributed by atoms with Crippen LogP contribution >= 0.6 is 38.6 Å². The summed E-state index contributed by atoms with van der Waals surface area (Å²) in [6.07, 6.45) is 0. The predicted molar refractivity (Wildman–Crippen MR) is 104 cm³/mol. The van der Waals surface area contributed by atoms with Crippen molar-refractivity contribution in [3.8, 4) is 32.3 Å². The van der Waals surface area contributed by atoms with Crippen LogP contribution in [0.5, 0.6) is 0 Å². The Balaban J connectivity index is 1.92. The van der Waals surface area contributed by atoms with E-state index in [0.717, 1.165) is 15.9 Å². The van der Waals surface area contributed by atoms with Gasteiger partial charge in [-0.15, -0.1) is 22.7 Å². The first-order valence-corrected chi connectivity index (χ1v) is 9.70. The van der Waals surface area contributed by atoms with E-state index in [2.05, 4.69) is 81.3 Å². The standard InChI is InChI=1S/C19H12BrNS2/c20-15-5-1-4-13(10-15)14-11-16(18-6-2-8-22-18)21-17(12-14)19-7-3-9-23-19/h1-12H. The van der Waals surface area contributed by atoms with Crippen molar-refractivity contribution in [2.24, 2.45) is 0 Å². The lowest BCUT2D eigenvalue weighted by atomic mass is 10.0. The molecule has 0 saturated carbocycles. The number of nitrogens with zero attached hydrogens (tertiary/aromatic N) is 1. The number of benzene rings is 1. The minimum absolute atomic E-state index is 1.03. The molecule has 3 heterocycles. The molecule has 3 aromatic heterocycles. The van der Waals surface area contributed by atoms with E-state index in [9.17, 15) is 0 Å². The molecule has 0 fully saturated rings. The molecule has 0 amide bonds. The predicted octanol–water partition coefficient (Wildman–Crippen LogP) is 6.97. The van der Waals surface area contributed by atoms with Crippen LogP contribution in [0, 0.1) is 0 Å². The summed E-state index contributed by atoms with van der Waals surface area (Å²) in [4.78, 5) is 7.26. The van der Waals surface area contributed by atoms with E-state index in [0.29, 0.717) is 0 Å². The molecule has 4 rings (SSSR count). The van der Waals surface area contributed by atoms with Gasteiger partial charge >= 0.3 is 0 Å². The number of thiophene rings is 2. The molecule has 0 N–H and O–H groups in total. The third-order valence-corrected chi connectivity index (χ3v) is 5.81. The van der Waals surface area contributed by atoms with Crippen molar-refractivity contribution in [3.05, 3.63) is 75.9 Å². The van der Waals surface area contributed by atoms with Crippen LogP contribution in [0.25, 0.3) is 32.3 Å². The summed E-state index contributed by atoms with van der Waals surface area (Å²) in [5.41, 5.74) is 4.44. The Labute approximate surface area is 151 Å². The SMILES string of the molecule is Brc1cccc(-c2cc(-c3cccs3)nc(-c3cccs3)c2)c1. The van der Waals surface area contributed by atoms with E-state index in [1.54, 1.807) is 22.7 Å². The Morgan fingerprint density at radius 3 is 1.87 bits per heavy atom. The number of rotatable bonds is 3. The molecule has 0 aliphatic heterocycles. The lowest BCUT2D eigenvalue weighted by Crippen LogP contribution is -1.88. The van der Waals surface area contributed by atoms with Gasteiger partial charge in [0, 0.05) is 4.47 Å². The molecule has 0 aliphatic carbocycles. The highest BCUT2D eigenvalue weighted by Crippen LogP contribution is 2.33. The van der Waals surface area contributed by atoms with E-state index in [1.165, 1.54) is 20.9 Å². The molecule has 0 saturated heterocycles. The van der Waals surface area contributed by atoms with Crippen molar-refractivity contribution >= 4 is 38.6 Å². The lowest BCUT2D eigenvalue weighted by molar-refractivity contribution is 1.35. The number of pyridine rings is 1. The Hall–Kier alpha value is -1.75. The van der Waals surface area contributed by atoms with Crippen LogP contribution in [0.15, 0.2) is 75.9 Å². The molecule has 0 unspecified atom stereocenters. The maximum Gasteiger partial charge on any atom is 0.0815 e. The van der Waals surface area contributed by atoms with Gasteiger partial charge in [0.1, 0.15) is 0 Å². The van der Waals surface area contributed by atoms with Gasteiger partial charge in [-0.05, 0) is 58.3 Å². The Morgan fingerprint density at radius 1 is 0.696 bits per heavy atom. The largest absolute Gasteiger partial charge is 0.246 e. The highest BCUT2D eigenvalue weighted by molar-refractivity contribution is 9.10. The molecular formula is C19H12BrNS2. The van der Waals surface area contributed by atoms with Crippen molar-refractivity contribution < 1.29 is 0 Å². The summed E-state index contributed by atoms with van der Waals surface area (Å²) in [5, 5.41) is 4.18. The van der Waals surface area contributed by atoms with Crippen molar-refractivity contribution in [3.63, 3.8) is 0 Å². The van der Waals surface area contributed by atoms with Gasteiger partial charge in [-0.2, -0.15) is 0 Å². The minimum atomic E-state index is 1.03. The van der Waals surface area contributed by atoms with Gasteiger partial charge in [0.15, 0.2) is 0 Å². The fourth-order valence-electron chi connectivity index (χ4n) is 2.47. The maximum absolute atomic E-state index is 4.88. The first-order chi connectivity index (χ1) is 11.3. The lowest BCUT2D eigenvalue weighted by Gasteiger charge is -2.08. The number of aromatic nitrogens is 1. The summed E-state index contributed by atoms with van der Waals surface area (Å²) < 4.78 is 1.09. The van der Waals surface area contributed by atoms with Crippen LogP contribution in [0.2, 0.25) is 0 Å². The third kappa shape index (κ3) is 3.15. The van der Waals surface area contributed by atoms with Crippen LogP contribution in [0.4, 0.5) is 0 Å². The van der Waals surface area contributed by atoms with E-state index < -0.39 is 0 Å². The van der Waals surface area contributed by atoms with Crippen LogP contribution < -0.4 is 0 Å². The smallest absolute Gasteiger partial charge is 0.0815 e. The van der Waals surface area contributed by atoms with Gasteiger partial charge in [-0.25, -0.2) is 4.98 Å². The second-order valence-corrected chi connectivity index (χ2v) is 7.90. The highest BCUT2D eigenvalue weighted by Gasteiger charge is 2.10. The van der Waals surface area contributed by atoms with Crippen LogP contribution in [0.3, 0.4) is 0 Å². The summed E-state index contributed by atoms with van der Waals surface area (Å²) in [7, 11) is 0. The molecule has 0 atom stereocenters. The first kappa shape index (κ1) is 14.8. The fraction of sp³-hybridized carbons (Fsp3) is 0. The molecule has 0 spiro atoms. The third-order valence-electron chi connectivity index (χ3n) is 3.53. The molecule has 1 nitrogen and oxygen atoms in total. The zero-order chi connectivity index (χ0) is 15.6. The zero-order valence-electron chi connectivity index (χ0n) is 12.1. The van der Waals surface area contributed by atoms with Crippen molar-refractivity contribution in [1.82, 2.24) is 4.98 Å². The Morgan fingerprint density at radius 2 is 1.35 bits per heavy atom. The van der Waals surface area contributed by atoms with Gasteiger partial charge in [-0.3, -0.25) is 0 Å². The minimum Gasteiger partial charge on any atom is -0.246 e. The molecule has 0 aliphatic rings. The van der Waals surface area contributed by atoms with Gasteiger partial charge in [-0.1, -0.05) is 40.2 Å². The van der Waals surface area contributed by atoms with E-state index in [4.69, 9.17) is 4.98 Å². The molecule has 4 aromatic rings. The normalized spacial score (nSPS) is 10.8. The molecule has 0 radical (unpaired) electrons. The summed E-state index contributed by atoms with van der Waals surface area (Å²) in [6, 6.07) is 21.1. The second kappa shape index (κ2) is 6.40. The molecule has 112 valence electrons. The molecule has 23 heavy (non-hydrogen) atoms. The van der Waals surface area contributed by atoms with Gasteiger partial charge < -0.3 is 0 Å². The fourth-order valence-corrected chi connectivity index (χ4v) is 4.24. The second-order valence-electron chi connectivity index (χ2n) is 5.09. The number of hydrogen-bond acceptors (Lipinski definition) is 3. The molecule has 4 heteroatoms. The van der Waals surface area contributed by atoms with Crippen molar-refractivity contribution in [1.29, 1.82) is 0 Å². The van der Waals surface area contributed by atoms with E-state index >= 15 is 0 Å². The summed E-state index contributed by atoms with van der Waals surface area (Å²) in [6.45, 7) is 0. The van der Waals surface area contributed by atoms with Crippen LogP contribution in [-0.2, 0) is 0 Å². The zero-order valence-corrected chi connectivity index (χ0v) is 15.3. The average molecular weight is 398 g/mol. The van der Waals surface area contributed by atoms with Crippen molar-refractivity contribution in [2.45, 2.75) is 0 Å². The summed E-state index contributed by atoms with van der Waals surface area (Å²) in [5.74, 6) is 0. The average Bonchev–Trinajstić information content (AvgIpc) is 3.28.